The Morgan fingerprint density at radius 1 is 0.962 bits per heavy atom. The minimum absolute atomic E-state index is 0.0278. The molecule has 0 spiro atoms. The van der Waals surface area contributed by atoms with Gasteiger partial charge in [-0.3, -0.25) is 0 Å². The van der Waals surface area contributed by atoms with Gasteiger partial charge in [-0.15, -0.1) is 0 Å². The summed E-state index contributed by atoms with van der Waals surface area (Å²) in [6.45, 7) is 0.590. The van der Waals surface area contributed by atoms with Crippen LogP contribution >= 0.6 is 0 Å². The molecule has 4 aromatic rings. The first kappa shape index (κ1) is 14.9. The molecule has 0 radical (unpaired) electrons. The quantitative estimate of drug-likeness (QED) is 0.544. The molecule has 4 nitrogen and oxygen atoms in total. The Bertz CT molecular complexity index is 1160. The third kappa shape index (κ3) is 2.07. The van der Waals surface area contributed by atoms with Crippen molar-refractivity contribution in [3.05, 3.63) is 72.3 Å². The second-order valence-corrected chi connectivity index (χ2v) is 6.36. The molecule has 0 N–H and O–H groups in total. The molecular weight excluding hydrogens is 324 g/mol. The highest BCUT2D eigenvalue weighted by molar-refractivity contribution is 6.12. The summed E-state index contributed by atoms with van der Waals surface area (Å²) in [6.07, 6.45) is 0. The van der Waals surface area contributed by atoms with E-state index >= 15 is 0 Å². The molecule has 0 aliphatic carbocycles. The molecule has 2 heterocycles. The molecule has 1 aliphatic rings. The zero-order valence-corrected chi connectivity index (χ0v) is 14.1. The van der Waals surface area contributed by atoms with Crippen LogP contribution in [-0.4, -0.2) is 17.8 Å². The van der Waals surface area contributed by atoms with Crippen LogP contribution in [0.15, 0.2) is 66.7 Å². The van der Waals surface area contributed by atoms with Crippen molar-refractivity contribution in [3.8, 4) is 17.6 Å². The lowest BCUT2D eigenvalue weighted by Gasteiger charge is -2.28. The second kappa shape index (κ2) is 5.82. The Labute approximate surface area is 150 Å². The maximum absolute atomic E-state index is 8.95. The van der Waals surface area contributed by atoms with E-state index in [0.29, 0.717) is 6.61 Å². The van der Waals surface area contributed by atoms with E-state index in [9.17, 15) is 0 Å². The van der Waals surface area contributed by atoms with Gasteiger partial charge in [-0.25, -0.2) is 0 Å². The number of aromatic nitrogens is 1. The molecule has 1 aromatic heterocycles. The third-order valence-electron chi connectivity index (χ3n) is 4.95. The van der Waals surface area contributed by atoms with Gasteiger partial charge < -0.3 is 14.0 Å². The number of hydrogen-bond donors (Lipinski definition) is 0. The highest BCUT2D eigenvalue weighted by Gasteiger charge is 2.28. The first-order chi connectivity index (χ1) is 12.9. The minimum atomic E-state index is 0.0278. The average molecular weight is 340 g/mol. The number of nitriles is 1. The van der Waals surface area contributed by atoms with Gasteiger partial charge in [0, 0.05) is 10.8 Å². The fourth-order valence-electron chi connectivity index (χ4n) is 3.91. The zero-order chi connectivity index (χ0) is 17.5. The topological polar surface area (TPSA) is 47.2 Å². The van der Waals surface area contributed by atoms with Crippen LogP contribution in [0.2, 0.25) is 0 Å². The standard InChI is InChI=1S/C22H16N2O2/c23-12-13-25-19-10-4-8-16-17-9-5-11-20-22(17)24(21(16)19)18(14-26-20)15-6-2-1-3-7-15/h1-11,18H,13-14H2/t18-/m1/s1. The smallest absolute Gasteiger partial charge is 0.174 e. The highest BCUT2D eigenvalue weighted by atomic mass is 16.5. The number of fused-ring (bicyclic) bond motifs is 3. The number of hydrogen-bond acceptors (Lipinski definition) is 3. The van der Waals surface area contributed by atoms with Gasteiger partial charge in [0.05, 0.1) is 17.1 Å². The van der Waals surface area contributed by atoms with Crippen LogP contribution in [0.5, 0.6) is 11.5 Å². The fraction of sp³-hybridized carbons (Fsp3) is 0.136. The summed E-state index contributed by atoms with van der Waals surface area (Å²) in [5, 5.41) is 11.2. The van der Waals surface area contributed by atoms with Crippen LogP contribution in [0.3, 0.4) is 0 Å². The molecule has 0 saturated carbocycles. The second-order valence-electron chi connectivity index (χ2n) is 6.36. The van der Waals surface area contributed by atoms with E-state index in [1.165, 1.54) is 5.56 Å². The van der Waals surface area contributed by atoms with E-state index in [1.807, 2.05) is 42.5 Å². The van der Waals surface area contributed by atoms with E-state index in [1.54, 1.807) is 0 Å². The normalized spacial score (nSPS) is 15.6. The van der Waals surface area contributed by atoms with Crippen LogP contribution < -0.4 is 9.47 Å². The molecule has 26 heavy (non-hydrogen) atoms. The van der Waals surface area contributed by atoms with Crippen LogP contribution in [-0.2, 0) is 0 Å². The summed E-state index contributed by atoms with van der Waals surface area (Å²) in [4.78, 5) is 0. The van der Waals surface area contributed by atoms with Gasteiger partial charge in [-0.05, 0) is 17.7 Å². The number of benzene rings is 3. The first-order valence-electron chi connectivity index (χ1n) is 8.61. The van der Waals surface area contributed by atoms with Crippen molar-refractivity contribution in [3.63, 3.8) is 0 Å². The van der Waals surface area contributed by atoms with Crippen LogP contribution in [0, 0.1) is 11.3 Å². The molecular formula is C22H16N2O2. The van der Waals surface area contributed by atoms with Gasteiger partial charge >= 0.3 is 0 Å². The van der Waals surface area contributed by atoms with Crippen molar-refractivity contribution in [2.45, 2.75) is 6.04 Å². The number of nitrogens with zero attached hydrogens (tertiary/aromatic N) is 2. The van der Waals surface area contributed by atoms with Crippen LogP contribution in [0.25, 0.3) is 21.8 Å². The molecule has 1 atom stereocenters. The van der Waals surface area contributed by atoms with E-state index in [4.69, 9.17) is 14.7 Å². The van der Waals surface area contributed by atoms with Gasteiger partial charge in [0.15, 0.2) is 6.61 Å². The monoisotopic (exact) mass is 340 g/mol. The molecule has 5 rings (SSSR count). The first-order valence-corrected chi connectivity index (χ1v) is 8.61. The summed E-state index contributed by atoms with van der Waals surface area (Å²) >= 11 is 0. The van der Waals surface area contributed by atoms with Crippen molar-refractivity contribution in [1.82, 2.24) is 4.57 Å². The fourth-order valence-corrected chi connectivity index (χ4v) is 3.91. The van der Waals surface area contributed by atoms with Crippen LogP contribution in [0.1, 0.15) is 11.6 Å². The van der Waals surface area contributed by atoms with Crippen molar-refractivity contribution < 1.29 is 9.47 Å². The van der Waals surface area contributed by atoms with E-state index in [2.05, 4.69) is 34.9 Å². The molecule has 0 fully saturated rings. The molecule has 3 aromatic carbocycles. The molecule has 0 bridgehead atoms. The predicted molar refractivity (Wildman–Crippen MR) is 101 cm³/mol. The van der Waals surface area contributed by atoms with Crippen molar-refractivity contribution in [2.24, 2.45) is 0 Å². The van der Waals surface area contributed by atoms with Gasteiger partial charge in [-0.2, -0.15) is 5.26 Å². The Morgan fingerprint density at radius 3 is 2.54 bits per heavy atom. The Kier molecular flexibility index (Phi) is 3.32. The van der Waals surface area contributed by atoms with E-state index in [-0.39, 0.29) is 12.6 Å². The largest absolute Gasteiger partial charge is 0.489 e. The summed E-state index contributed by atoms with van der Waals surface area (Å²) in [7, 11) is 0. The molecule has 0 saturated heterocycles. The molecule has 1 aliphatic heterocycles. The average Bonchev–Trinajstić information content (AvgIpc) is 3.05. The lowest BCUT2D eigenvalue weighted by molar-refractivity contribution is 0.261. The Balaban J connectivity index is 1.88. The lowest BCUT2D eigenvalue weighted by Crippen LogP contribution is -2.23. The summed E-state index contributed by atoms with van der Waals surface area (Å²) < 4.78 is 14.2. The Morgan fingerprint density at radius 2 is 1.73 bits per heavy atom. The Hall–Kier alpha value is -3.45. The van der Waals surface area contributed by atoms with Crippen molar-refractivity contribution >= 4 is 21.8 Å². The molecule has 4 heteroatoms. The van der Waals surface area contributed by atoms with Gasteiger partial charge in [0.25, 0.3) is 0 Å². The highest BCUT2D eigenvalue weighted by Crippen LogP contribution is 2.44. The van der Waals surface area contributed by atoms with Gasteiger partial charge in [0.2, 0.25) is 0 Å². The van der Waals surface area contributed by atoms with Crippen LogP contribution in [0.4, 0.5) is 0 Å². The zero-order valence-electron chi connectivity index (χ0n) is 14.1. The van der Waals surface area contributed by atoms with Gasteiger partial charge in [0.1, 0.15) is 24.2 Å². The summed E-state index contributed by atoms with van der Waals surface area (Å²) in [6, 6.07) is 24.6. The summed E-state index contributed by atoms with van der Waals surface area (Å²) in [5.74, 6) is 1.62. The number of ether oxygens (including phenoxy) is 2. The molecule has 0 amide bonds. The van der Waals surface area contributed by atoms with Crippen molar-refractivity contribution in [1.29, 1.82) is 5.26 Å². The lowest BCUT2D eigenvalue weighted by atomic mass is 10.1. The minimum Gasteiger partial charge on any atom is -0.489 e. The van der Waals surface area contributed by atoms with Crippen molar-refractivity contribution in [2.75, 3.05) is 13.2 Å². The molecule has 126 valence electrons. The SMILES string of the molecule is N#CCOc1cccc2c3cccc4c3n(c12)[C@@H](c1ccccc1)CO4. The summed E-state index contributed by atoms with van der Waals surface area (Å²) in [5.41, 5.74) is 3.29. The van der Waals surface area contributed by atoms with Gasteiger partial charge in [-0.1, -0.05) is 54.6 Å². The predicted octanol–water partition coefficient (Wildman–Crippen LogP) is 4.68. The van der Waals surface area contributed by atoms with E-state index < -0.39 is 0 Å². The third-order valence-corrected chi connectivity index (χ3v) is 4.95. The maximum atomic E-state index is 8.95. The maximum Gasteiger partial charge on any atom is 0.174 e. The molecule has 0 unspecified atom stereocenters. The van der Waals surface area contributed by atoms with E-state index in [0.717, 1.165) is 33.3 Å². The number of para-hydroxylation sites is 2. The number of rotatable bonds is 3.